The van der Waals surface area contributed by atoms with Gasteiger partial charge in [0.1, 0.15) is 25.1 Å². The Morgan fingerprint density at radius 2 is 1.91 bits per heavy atom. The summed E-state index contributed by atoms with van der Waals surface area (Å²) >= 11 is 6.35. The van der Waals surface area contributed by atoms with Crippen LogP contribution in [0.5, 0.6) is 0 Å². The summed E-state index contributed by atoms with van der Waals surface area (Å²) in [4.78, 5) is 20.6. The second-order valence-electron chi connectivity index (χ2n) is 12.2. The number of pyridine rings is 1. The molecule has 3 aromatic heterocycles. The van der Waals surface area contributed by atoms with E-state index in [-0.39, 0.29) is 13.2 Å². The first-order chi connectivity index (χ1) is 21.6. The van der Waals surface area contributed by atoms with E-state index in [1.807, 2.05) is 28.8 Å². The molecule has 0 saturated carbocycles. The molecule has 2 unspecified atom stereocenters. The first-order valence-corrected chi connectivity index (χ1v) is 18.6. The van der Waals surface area contributed by atoms with E-state index in [0.717, 1.165) is 22.9 Å². The van der Waals surface area contributed by atoms with Gasteiger partial charge in [0.25, 0.3) is 0 Å². The minimum atomic E-state index is -1.32. The molecule has 14 heteroatoms. The number of anilines is 1. The molecule has 2 atom stereocenters. The summed E-state index contributed by atoms with van der Waals surface area (Å²) < 4.78 is 25.5. The van der Waals surface area contributed by atoms with Gasteiger partial charge in [-0.3, -0.25) is 10.3 Å². The number of carbonyl (C=O) groups is 1. The number of ether oxygens (including phenoxy) is 1. The van der Waals surface area contributed by atoms with Crippen molar-refractivity contribution in [2.75, 3.05) is 11.9 Å². The molecular weight excluding hydrogens is 615 g/mol. The minimum Gasteiger partial charge on any atom is -0.465 e. The van der Waals surface area contributed by atoms with Gasteiger partial charge in [-0.2, -0.15) is 4.68 Å². The van der Waals surface area contributed by atoms with Crippen LogP contribution in [0.25, 0.3) is 28.1 Å². The molecule has 6 rings (SSSR count). The Morgan fingerprint density at radius 3 is 2.62 bits per heavy atom. The van der Waals surface area contributed by atoms with Crippen molar-refractivity contribution >= 4 is 31.5 Å². The highest BCUT2D eigenvalue weighted by Crippen LogP contribution is 2.46. The number of alkyl halides is 1. The largest absolute Gasteiger partial charge is 0.465 e. The zero-order valence-electron chi connectivity index (χ0n) is 25.0. The molecule has 232 valence electrons. The van der Waals surface area contributed by atoms with Gasteiger partial charge in [0.05, 0.1) is 29.2 Å². The molecule has 0 bridgehead atoms. The Labute approximate surface area is 265 Å². The van der Waals surface area contributed by atoms with Gasteiger partial charge in [0.2, 0.25) is 0 Å². The lowest BCUT2D eigenvalue weighted by Gasteiger charge is -2.19. The monoisotopic (exact) mass is 646 g/mol. The Kier molecular flexibility index (Phi) is 8.49. The molecule has 5 aromatic rings. The van der Waals surface area contributed by atoms with Gasteiger partial charge in [-0.25, -0.2) is 14.2 Å². The van der Waals surface area contributed by atoms with E-state index in [4.69, 9.17) is 31.4 Å². The predicted molar refractivity (Wildman–Crippen MR) is 171 cm³/mol. The van der Waals surface area contributed by atoms with Gasteiger partial charge in [-0.05, 0) is 64.9 Å². The minimum absolute atomic E-state index is 0.189. The van der Waals surface area contributed by atoms with Crippen LogP contribution >= 0.6 is 11.6 Å². The quantitative estimate of drug-likeness (QED) is 0.120. The van der Waals surface area contributed by atoms with E-state index >= 15 is 4.39 Å². The molecule has 45 heavy (non-hydrogen) atoms. The average Bonchev–Trinajstić information content (AvgIpc) is 3.74. The lowest BCUT2D eigenvalue weighted by atomic mass is 10.0. The first-order valence-electron chi connectivity index (χ1n) is 14.5. The maximum atomic E-state index is 15.8. The molecule has 0 aliphatic heterocycles. The summed E-state index contributed by atoms with van der Waals surface area (Å²) in [6.45, 7) is 7.73. The molecule has 1 aliphatic carbocycles. The second kappa shape index (κ2) is 12.5. The van der Waals surface area contributed by atoms with Crippen LogP contribution in [0.1, 0.15) is 35.6 Å². The molecule has 0 fully saturated rings. The third-order valence-electron chi connectivity index (χ3n) is 7.77. The zero-order valence-corrected chi connectivity index (χ0v) is 26.7. The molecule has 11 nitrogen and oxygen atoms in total. The number of benzene rings is 2. The van der Waals surface area contributed by atoms with Gasteiger partial charge in [-0.15, -0.1) is 5.10 Å². The fraction of sp³-hybridized carbons (Fsp3) is 0.290. The van der Waals surface area contributed by atoms with Crippen LogP contribution < -0.4 is 5.32 Å². The maximum Gasteiger partial charge on any atom is 0.409 e. The number of tetrazole rings is 1. The van der Waals surface area contributed by atoms with E-state index in [9.17, 15) is 4.79 Å². The molecule has 2 aromatic carbocycles. The number of amides is 1. The van der Waals surface area contributed by atoms with E-state index in [1.165, 1.54) is 11.0 Å². The Balaban J connectivity index is 1.36. The van der Waals surface area contributed by atoms with Crippen LogP contribution in [0, 0.1) is 0 Å². The average molecular weight is 647 g/mol. The lowest BCUT2D eigenvalue weighted by Crippen LogP contribution is -2.22. The van der Waals surface area contributed by atoms with E-state index in [1.54, 1.807) is 36.7 Å². The van der Waals surface area contributed by atoms with Crippen LogP contribution in [-0.4, -0.2) is 60.6 Å². The second-order valence-corrected chi connectivity index (χ2v) is 18.2. The van der Waals surface area contributed by atoms with E-state index in [0.29, 0.717) is 45.6 Å². The molecular formula is C31H32ClFN8O3Si. The van der Waals surface area contributed by atoms with Gasteiger partial charge in [0.15, 0.2) is 0 Å². The van der Waals surface area contributed by atoms with Crippen molar-refractivity contribution in [1.82, 2.24) is 34.7 Å². The molecule has 1 aliphatic rings. The number of halogens is 2. The van der Waals surface area contributed by atoms with Crippen molar-refractivity contribution in [3.63, 3.8) is 0 Å². The number of hydrogen-bond acceptors (Lipinski definition) is 7. The number of carboxylic acid groups (broad SMARTS) is 1. The van der Waals surface area contributed by atoms with Gasteiger partial charge < -0.3 is 14.4 Å². The van der Waals surface area contributed by atoms with Gasteiger partial charge >= 0.3 is 6.09 Å². The topological polar surface area (TPSA) is 133 Å². The smallest absolute Gasteiger partial charge is 0.409 e. The van der Waals surface area contributed by atoms with Crippen molar-refractivity contribution in [1.29, 1.82) is 0 Å². The molecule has 2 N–H and O–H groups in total. The predicted octanol–water partition coefficient (Wildman–Crippen LogP) is 7.19. The number of aromatic nitrogens is 7. The lowest BCUT2D eigenvalue weighted by molar-refractivity contribution is 0.0855. The van der Waals surface area contributed by atoms with E-state index in [2.05, 4.69) is 40.5 Å². The highest BCUT2D eigenvalue weighted by molar-refractivity contribution is 6.76. The Hall–Kier alpha value is -4.46. The van der Waals surface area contributed by atoms with Crippen molar-refractivity contribution in [3.8, 4) is 28.1 Å². The van der Waals surface area contributed by atoms with Crippen LogP contribution in [0.4, 0.5) is 14.9 Å². The van der Waals surface area contributed by atoms with Crippen molar-refractivity contribution < 1.29 is 19.0 Å². The number of fused-ring (bicyclic) bond motifs is 1. The number of nitrogens with zero attached hydrogens (tertiary/aromatic N) is 7. The van der Waals surface area contributed by atoms with Crippen LogP contribution in [-0.2, 0) is 11.5 Å². The third kappa shape index (κ3) is 6.65. The standard InChI is InChI=1S/C31H32ClFN8O3Si/c1-45(2,3)11-10-44-18-40-28(19-4-7-22(8-5-19)37-31(42)43)16-35-30(40)25-14-26(33)24-12-20(15-34-29(24)25)23-13-21(32)6-9-27(23)41-17-36-38-39-41/h4-9,12-13,15-17,25-26,37H,10-11,14,18H2,1-3H3,(H,42,43). The number of imidazole rings is 1. The molecule has 0 saturated heterocycles. The van der Waals surface area contributed by atoms with Crippen molar-refractivity contribution in [3.05, 3.63) is 89.4 Å². The van der Waals surface area contributed by atoms with Gasteiger partial charge in [0, 0.05) is 48.3 Å². The van der Waals surface area contributed by atoms with Gasteiger partial charge in [-0.1, -0.05) is 43.4 Å². The summed E-state index contributed by atoms with van der Waals surface area (Å²) in [6.07, 6.45) is 2.76. The summed E-state index contributed by atoms with van der Waals surface area (Å²) in [5.41, 5.74) is 5.30. The Morgan fingerprint density at radius 1 is 1.11 bits per heavy atom. The van der Waals surface area contributed by atoms with Crippen molar-refractivity contribution in [2.24, 2.45) is 0 Å². The number of hydrogen-bond donors (Lipinski definition) is 2. The molecule has 3 heterocycles. The number of nitrogens with one attached hydrogen (secondary N) is 1. The molecule has 0 radical (unpaired) electrons. The van der Waals surface area contributed by atoms with Crippen LogP contribution in [0.2, 0.25) is 30.7 Å². The third-order valence-corrected chi connectivity index (χ3v) is 9.71. The summed E-state index contributed by atoms with van der Waals surface area (Å²) in [5, 5.41) is 23.4. The molecule has 0 spiro atoms. The summed E-state index contributed by atoms with van der Waals surface area (Å²) in [5.74, 6) is 0.259. The molecule has 1 amide bonds. The van der Waals surface area contributed by atoms with E-state index < -0.39 is 26.3 Å². The first kappa shape index (κ1) is 30.6. The van der Waals surface area contributed by atoms with Crippen LogP contribution in [0.3, 0.4) is 0 Å². The fourth-order valence-electron chi connectivity index (χ4n) is 5.48. The zero-order chi connectivity index (χ0) is 31.7. The fourth-order valence-corrected chi connectivity index (χ4v) is 6.41. The summed E-state index contributed by atoms with van der Waals surface area (Å²) in [7, 11) is -1.32. The normalized spacial score (nSPS) is 16.1. The van der Waals surface area contributed by atoms with Crippen molar-refractivity contribution in [2.45, 2.75) is 50.9 Å². The number of rotatable bonds is 10. The highest BCUT2D eigenvalue weighted by Gasteiger charge is 2.37. The SMILES string of the molecule is C[Si](C)(C)CCOCn1c(-c2ccc(NC(=O)O)cc2)cnc1C1CC(F)c2cc(-c3cc(Cl)ccc3-n3cnnn3)cnc21. The highest BCUT2D eigenvalue weighted by atomic mass is 35.5. The maximum absolute atomic E-state index is 15.8. The van der Waals surface area contributed by atoms with Crippen LogP contribution in [0.15, 0.2) is 67.3 Å². The Bertz CT molecular complexity index is 1830. The summed E-state index contributed by atoms with van der Waals surface area (Å²) in [6, 6.07) is 15.2.